The topological polar surface area (TPSA) is 87.5 Å². The molecule has 4 rings (SSSR count). The van der Waals surface area contributed by atoms with Crippen molar-refractivity contribution < 1.29 is 13.2 Å². The number of benzene rings is 1. The van der Waals surface area contributed by atoms with Crippen molar-refractivity contribution >= 4 is 27.4 Å². The first-order valence-electron chi connectivity index (χ1n) is 11.1. The number of hydrogen-bond acceptors (Lipinski definition) is 5. The number of rotatable bonds is 5. The van der Waals surface area contributed by atoms with E-state index in [4.69, 9.17) is 0 Å². The average Bonchev–Trinajstić information content (AvgIpc) is 3.11. The molecule has 1 N–H and O–H groups in total. The van der Waals surface area contributed by atoms with Gasteiger partial charge in [-0.05, 0) is 57.2 Å². The van der Waals surface area contributed by atoms with Gasteiger partial charge >= 0.3 is 0 Å². The van der Waals surface area contributed by atoms with Crippen LogP contribution in [0.5, 0.6) is 0 Å². The zero-order valence-electron chi connectivity index (χ0n) is 18.3. The Morgan fingerprint density at radius 2 is 1.61 bits per heavy atom. The molecule has 2 fully saturated rings. The third-order valence-corrected chi connectivity index (χ3v) is 8.02. The minimum absolute atomic E-state index is 0.241. The second kappa shape index (κ2) is 9.00. The predicted octanol–water partition coefficient (Wildman–Crippen LogP) is 3.15. The highest BCUT2D eigenvalue weighted by molar-refractivity contribution is 7.89. The van der Waals surface area contributed by atoms with Crippen molar-refractivity contribution in [3.8, 4) is 0 Å². The standard InChI is InChI=1S/C22H31N5O3S/c1-17-15-21(25(2)24-17)23-22(28)18-9-10-19(26-11-5-3-6-12-26)20(16-18)31(29,30)27-13-7-4-8-14-27/h9-10,15-16H,3-8,11-14H2,1-2H3,(H,23,28). The highest BCUT2D eigenvalue weighted by Gasteiger charge is 2.31. The van der Waals surface area contributed by atoms with Crippen LogP contribution in [0, 0.1) is 6.92 Å². The van der Waals surface area contributed by atoms with E-state index in [9.17, 15) is 13.2 Å². The number of sulfonamides is 1. The van der Waals surface area contributed by atoms with E-state index in [1.165, 1.54) is 0 Å². The summed E-state index contributed by atoms with van der Waals surface area (Å²) in [7, 11) is -1.92. The Labute approximate surface area is 184 Å². The summed E-state index contributed by atoms with van der Waals surface area (Å²) in [5.74, 6) is 0.228. The van der Waals surface area contributed by atoms with Gasteiger partial charge < -0.3 is 10.2 Å². The van der Waals surface area contributed by atoms with Crippen molar-refractivity contribution in [1.29, 1.82) is 0 Å². The SMILES string of the molecule is Cc1cc(NC(=O)c2ccc(N3CCCCC3)c(S(=O)(=O)N3CCCCC3)c2)n(C)n1. The largest absolute Gasteiger partial charge is 0.370 e. The first-order valence-corrected chi connectivity index (χ1v) is 12.5. The molecular formula is C22H31N5O3S. The van der Waals surface area contributed by atoms with Gasteiger partial charge in [-0.25, -0.2) is 8.42 Å². The molecule has 8 nitrogen and oxygen atoms in total. The third kappa shape index (κ3) is 4.62. The molecule has 1 aromatic carbocycles. The van der Waals surface area contributed by atoms with Gasteiger partial charge in [-0.2, -0.15) is 9.40 Å². The summed E-state index contributed by atoms with van der Waals surface area (Å²) >= 11 is 0. The molecule has 0 atom stereocenters. The van der Waals surface area contributed by atoms with Crippen LogP contribution in [0.15, 0.2) is 29.2 Å². The first kappa shape index (κ1) is 21.8. The van der Waals surface area contributed by atoms with Gasteiger partial charge in [-0.1, -0.05) is 6.42 Å². The highest BCUT2D eigenvalue weighted by atomic mass is 32.2. The lowest BCUT2D eigenvalue weighted by Gasteiger charge is -2.33. The second-order valence-electron chi connectivity index (χ2n) is 8.44. The summed E-state index contributed by atoms with van der Waals surface area (Å²) in [5.41, 5.74) is 1.83. The fraction of sp³-hybridized carbons (Fsp3) is 0.545. The van der Waals surface area contributed by atoms with E-state index in [1.807, 2.05) is 6.92 Å². The number of piperidine rings is 2. The molecule has 0 bridgehead atoms. The van der Waals surface area contributed by atoms with Gasteiger partial charge in [0, 0.05) is 44.9 Å². The molecule has 2 aliphatic heterocycles. The second-order valence-corrected chi connectivity index (χ2v) is 10.4. The van der Waals surface area contributed by atoms with Crippen LogP contribution in [0.1, 0.15) is 54.6 Å². The Morgan fingerprint density at radius 3 is 2.23 bits per heavy atom. The number of amides is 1. The summed E-state index contributed by atoms with van der Waals surface area (Å²) in [5, 5.41) is 7.09. The van der Waals surface area contributed by atoms with E-state index in [0.29, 0.717) is 30.2 Å². The molecule has 0 saturated carbocycles. The molecule has 3 heterocycles. The number of nitrogens with zero attached hydrogens (tertiary/aromatic N) is 4. The highest BCUT2D eigenvalue weighted by Crippen LogP contribution is 2.32. The van der Waals surface area contributed by atoms with E-state index in [1.54, 1.807) is 40.3 Å². The summed E-state index contributed by atoms with van der Waals surface area (Å²) in [6, 6.07) is 6.85. The van der Waals surface area contributed by atoms with Crippen LogP contribution in [0.25, 0.3) is 0 Å². The van der Waals surface area contributed by atoms with Gasteiger partial charge in [0.1, 0.15) is 10.7 Å². The third-order valence-electron chi connectivity index (χ3n) is 6.10. The molecular weight excluding hydrogens is 414 g/mol. The Bertz CT molecular complexity index is 1050. The normalized spacial score (nSPS) is 18.2. The maximum Gasteiger partial charge on any atom is 0.256 e. The zero-order chi connectivity index (χ0) is 22.0. The van der Waals surface area contributed by atoms with Crippen molar-refractivity contribution in [2.24, 2.45) is 7.05 Å². The molecule has 9 heteroatoms. The van der Waals surface area contributed by atoms with Gasteiger partial charge in [0.25, 0.3) is 5.91 Å². The Kier molecular flexibility index (Phi) is 6.34. The maximum atomic E-state index is 13.6. The summed E-state index contributed by atoms with van der Waals surface area (Å²) in [4.78, 5) is 15.3. The van der Waals surface area contributed by atoms with Crippen molar-refractivity contribution in [2.75, 3.05) is 36.4 Å². The summed E-state index contributed by atoms with van der Waals surface area (Å²) in [6.45, 7) is 4.59. The van der Waals surface area contributed by atoms with E-state index in [0.717, 1.165) is 57.3 Å². The molecule has 1 amide bonds. The average molecular weight is 446 g/mol. The quantitative estimate of drug-likeness (QED) is 0.764. The van der Waals surface area contributed by atoms with Crippen molar-refractivity contribution in [1.82, 2.24) is 14.1 Å². The maximum absolute atomic E-state index is 13.6. The van der Waals surface area contributed by atoms with Crippen LogP contribution in [-0.2, 0) is 17.1 Å². The lowest BCUT2D eigenvalue weighted by molar-refractivity contribution is 0.102. The molecule has 0 aliphatic carbocycles. The number of aromatic nitrogens is 2. The molecule has 2 aliphatic rings. The Balaban J connectivity index is 1.70. The van der Waals surface area contributed by atoms with Crippen LogP contribution in [0.4, 0.5) is 11.5 Å². The molecule has 0 unspecified atom stereocenters. The van der Waals surface area contributed by atoms with E-state index in [-0.39, 0.29) is 10.8 Å². The summed E-state index contributed by atoms with van der Waals surface area (Å²) < 4.78 is 30.4. The minimum atomic E-state index is -3.68. The monoisotopic (exact) mass is 445 g/mol. The van der Waals surface area contributed by atoms with E-state index < -0.39 is 10.0 Å². The van der Waals surface area contributed by atoms with Crippen LogP contribution in [0.2, 0.25) is 0 Å². The van der Waals surface area contributed by atoms with E-state index in [2.05, 4.69) is 15.3 Å². The van der Waals surface area contributed by atoms with Crippen LogP contribution in [-0.4, -0.2) is 54.6 Å². The number of carbonyl (C=O) groups is 1. The molecule has 31 heavy (non-hydrogen) atoms. The van der Waals surface area contributed by atoms with Gasteiger partial charge in [0.2, 0.25) is 10.0 Å². The molecule has 0 spiro atoms. The summed E-state index contributed by atoms with van der Waals surface area (Å²) in [6.07, 6.45) is 6.06. The number of carbonyl (C=O) groups excluding carboxylic acids is 1. The van der Waals surface area contributed by atoms with Crippen molar-refractivity contribution in [3.63, 3.8) is 0 Å². The van der Waals surface area contributed by atoms with Gasteiger partial charge in [0.05, 0.1) is 11.4 Å². The molecule has 2 saturated heterocycles. The molecule has 168 valence electrons. The van der Waals surface area contributed by atoms with Crippen LogP contribution >= 0.6 is 0 Å². The van der Waals surface area contributed by atoms with Gasteiger partial charge in [-0.3, -0.25) is 9.48 Å². The Morgan fingerprint density at radius 1 is 0.968 bits per heavy atom. The van der Waals surface area contributed by atoms with Crippen molar-refractivity contribution in [3.05, 3.63) is 35.5 Å². The van der Waals surface area contributed by atoms with Gasteiger partial charge in [0.15, 0.2) is 0 Å². The number of hydrogen-bond donors (Lipinski definition) is 1. The fourth-order valence-electron chi connectivity index (χ4n) is 4.42. The predicted molar refractivity (Wildman–Crippen MR) is 121 cm³/mol. The molecule has 1 aromatic heterocycles. The van der Waals surface area contributed by atoms with Crippen molar-refractivity contribution in [2.45, 2.75) is 50.3 Å². The molecule has 2 aromatic rings. The zero-order valence-corrected chi connectivity index (χ0v) is 19.1. The lowest BCUT2D eigenvalue weighted by Crippen LogP contribution is -2.37. The van der Waals surface area contributed by atoms with Crippen LogP contribution in [0.3, 0.4) is 0 Å². The first-order chi connectivity index (χ1) is 14.9. The number of aryl methyl sites for hydroxylation is 2. The Hall–Kier alpha value is -2.39. The number of anilines is 2. The minimum Gasteiger partial charge on any atom is -0.370 e. The van der Waals surface area contributed by atoms with Crippen LogP contribution < -0.4 is 10.2 Å². The van der Waals surface area contributed by atoms with E-state index >= 15 is 0 Å². The fourth-order valence-corrected chi connectivity index (χ4v) is 6.17. The molecule has 0 radical (unpaired) electrons. The van der Waals surface area contributed by atoms with Gasteiger partial charge in [-0.15, -0.1) is 0 Å². The lowest BCUT2D eigenvalue weighted by atomic mass is 10.1. The number of nitrogens with one attached hydrogen (secondary N) is 1. The smallest absolute Gasteiger partial charge is 0.256 e.